The molecule has 3 rings (SSSR count). The van der Waals surface area contributed by atoms with Crippen LogP contribution in [0.2, 0.25) is 0 Å². The van der Waals surface area contributed by atoms with E-state index in [1.165, 1.54) is 0 Å². The first kappa shape index (κ1) is 30.8. The van der Waals surface area contributed by atoms with Crippen molar-refractivity contribution < 1.29 is 39.3 Å². The van der Waals surface area contributed by atoms with Gasteiger partial charge >= 0.3 is 11.9 Å². The standard InChI is InChI=1S/C28H33N5O8/c29-19(13-17-14-30-20-9-5-4-8-18(17)20)25(37)31-21(10-11-24(35)36)26(38)32-22(12-16-6-2-1-3-7-16)27(39)33-23(15-34)28(40)41/h1-9,14,19,21-23,30,34H,10-13,15,29H2,(H,31,37)(H,32,38)(H,33,39)(H,35,36)(H,40,41). The molecule has 3 amide bonds. The van der Waals surface area contributed by atoms with Gasteiger partial charge in [-0.25, -0.2) is 4.79 Å². The second-order valence-corrected chi connectivity index (χ2v) is 9.50. The van der Waals surface area contributed by atoms with Gasteiger partial charge in [-0.15, -0.1) is 0 Å². The Kier molecular flexibility index (Phi) is 11.0. The molecule has 13 heteroatoms. The summed E-state index contributed by atoms with van der Waals surface area (Å²) in [4.78, 5) is 64.9. The molecule has 218 valence electrons. The van der Waals surface area contributed by atoms with Crippen molar-refractivity contribution in [2.24, 2.45) is 5.73 Å². The van der Waals surface area contributed by atoms with Crippen molar-refractivity contribution in [2.45, 2.75) is 49.9 Å². The van der Waals surface area contributed by atoms with Gasteiger partial charge in [-0.3, -0.25) is 19.2 Å². The van der Waals surface area contributed by atoms with E-state index in [2.05, 4.69) is 20.9 Å². The lowest BCUT2D eigenvalue weighted by Crippen LogP contribution is -2.58. The molecule has 13 nitrogen and oxygen atoms in total. The normalized spacial score (nSPS) is 13.9. The zero-order valence-corrected chi connectivity index (χ0v) is 22.1. The molecule has 0 fully saturated rings. The van der Waals surface area contributed by atoms with Gasteiger partial charge in [0.15, 0.2) is 0 Å². The summed E-state index contributed by atoms with van der Waals surface area (Å²) in [6.07, 6.45) is 1.07. The molecule has 41 heavy (non-hydrogen) atoms. The molecule has 3 aromatic rings. The highest BCUT2D eigenvalue weighted by Gasteiger charge is 2.31. The molecular formula is C28H33N5O8. The van der Waals surface area contributed by atoms with Crippen molar-refractivity contribution >= 4 is 40.6 Å². The summed E-state index contributed by atoms with van der Waals surface area (Å²) >= 11 is 0. The van der Waals surface area contributed by atoms with E-state index in [0.29, 0.717) is 5.56 Å². The Morgan fingerprint density at radius 2 is 1.39 bits per heavy atom. The molecule has 0 radical (unpaired) electrons. The third kappa shape index (κ3) is 8.88. The first-order chi connectivity index (χ1) is 19.6. The number of rotatable bonds is 15. The fraction of sp³-hybridized carbons (Fsp3) is 0.321. The zero-order valence-electron chi connectivity index (χ0n) is 22.1. The smallest absolute Gasteiger partial charge is 0.328 e. The maximum Gasteiger partial charge on any atom is 0.328 e. The summed E-state index contributed by atoms with van der Waals surface area (Å²) in [5, 5.41) is 35.7. The number of nitrogens with one attached hydrogen (secondary N) is 4. The summed E-state index contributed by atoms with van der Waals surface area (Å²) in [5.74, 6) is -5.11. The third-order valence-electron chi connectivity index (χ3n) is 6.44. The lowest BCUT2D eigenvalue weighted by atomic mass is 10.0. The number of hydrogen-bond donors (Lipinski definition) is 8. The van der Waals surface area contributed by atoms with Gasteiger partial charge in [0, 0.05) is 29.9 Å². The van der Waals surface area contributed by atoms with Crippen LogP contribution < -0.4 is 21.7 Å². The number of aromatic nitrogens is 1. The van der Waals surface area contributed by atoms with Crippen LogP contribution in [0, 0.1) is 0 Å². The molecule has 4 atom stereocenters. The number of carbonyl (C=O) groups excluding carboxylic acids is 3. The van der Waals surface area contributed by atoms with Gasteiger partial charge in [0.2, 0.25) is 17.7 Å². The molecule has 0 aliphatic heterocycles. The predicted octanol–water partition coefficient (Wildman–Crippen LogP) is -0.323. The highest BCUT2D eigenvalue weighted by atomic mass is 16.4. The second-order valence-electron chi connectivity index (χ2n) is 9.50. The van der Waals surface area contributed by atoms with Gasteiger partial charge in [-0.2, -0.15) is 0 Å². The van der Waals surface area contributed by atoms with Crippen molar-refractivity contribution in [3.05, 3.63) is 71.9 Å². The second kappa shape index (κ2) is 14.6. The maximum atomic E-state index is 13.3. The summed E-state index contributed by atoms with van der Waals surface area (Å²) in [5.41, 5.74) is 8.42. The number of aliphatic hydroxyl groups is 1. The van der Waals surface area contributed by atoms with Gasteiger partial charge in [-0.1, -0.05) is 48.5 Å². The van der Waals surface area contributed by atoms with Crippen LogP contribution in [0.25, 0.3) is 10.9 Å². The molecule has 0 saturated carbocycles. The van der Waals surface area contributed by atoms with E-state index < -0.39 is 66.9 Å². The molecule has 0 aliphatic rings. The largest absolute Gasteiger partial charge is 0.481 e. The lowest BCUT2D eigenvalue weighted by molar-refractivity contribution is -0.143. The number of carboxylic acid groups (broad SMARTS) is 2. The van der Waals surface area contributed by atoms with Crippen LogP contribution in [0.5, 0.6) is 0 Å². The fourth-order valence-electron chi connectivity index (χ4n) is 4.23. The van der Waals surface area contributed by atoms with E-state index >= 15 is 0 Å². The molecule has 2 aromatic carbocycles. The number of hydrogen-bond acceptors (Lipinski definition) is 7. The molecule has 4 unspecified atom stereocenters. The van der Waals surface area contributed by atoms with Crippen LogP contribution in [0.15, 0.2) is 60.8 Å². The Morgan fingerprint density at radius 3 is 2.05 bits per heavy atom. The van der Waals surface area contributed by atoms with Crippen molar-refractivity contribution in [2.75, 3.05) is 6.61 Å². The van der Waals surface area contributed by atoms with E-state index in [9.17, 15) is 39.3 Å². The summed E-state index contributed by atoms with van der Waals surface area (Å²) in [7, 11) is 0. The van der Waals surface area contributed by atoms with Gasteiger partial charge < -0.3 is 42.0 Å². The Morgan fingerprint density at radius 1 is 0.780 bits per heavy atom. The van der Waals surface area contributed by atoms with Crippen molar-refractivity contribution in [3.8, 4) is 0 Å². The van der Waals surface area contributed by atoms with E-state index in [-0.39, 0.29) is 19.3 Å². The number of para-hydroxylation sites is 1. The number of nitrogens with two attached hydrogens (primary N) is 1. The van der Waals surface area contributed by atoms with E-state index in [1.807, 2.05) is 24.3 Å². The van der Waals surface area contributed by atoms with Gasteiger partial charge in [0.1, 0.15) is 18.1 Å². The van der Waals surface area contributed by atoms with Gasteiger partial charge in [-0.05, 0) is 30.0 Å². The monoisotopic (exact) mass is 567 g/mol. The summed E-state index contributed by atoms with van der Waals surface area (Å²) in [6, 6.07) is 10.7. The van der Waals surface area contributed by atoms with E-state index in [1.54, 1.807) is 36.5 Å². The highest BCUT2D eigenvalue weighted by molar-refractivity contribution is 5.94. The van der Waals surface area contributed by atoms with Crippen LogP contribution in [0.4, 0.5) is 0 Å². The maximum absolute atomic E-state index is 13.3. The molecule has 0 bridgehead atoms. The number of aliphatic carboxylic acids is 2. The van der Waals surface area contributed by atoms with Crippen LogP contribution in [0.3, 0.4) is 0 Å². The molecule has 1 aromatic heterocycles. The Labute approximate surface area is 235 Å². The summed E-state index contributed by atoms with van der Waals surface area (Å²) in [6.45, 7) is -0.876. The average molecular weight is 568 g/mol. The van der Waals surface area contributed by atoms with Crippen LogP contribution in [-0.4, -0.2) is 80.7 Å². The minimum atomic E-state index is -1.61. The molecule has 1 heterocycles. The minimum Gasteiger partial charge on any atom is -0.481 e. The number of aromatic amines is 1. The topological polar surface area (TPSA) is 224 Å². The fourth-order valence-corrected chi connectivity index (χ4v) is 4.23. The summed E-state index contributed by atoms with van der Waals surface area (Å²) < 4.78 is 0. The number of fused-ring (bicyclic) bond motifs is 1. The number of carboxylic acids is 2. The van der Waals surface area contributed by atoms with Crippen LogP contribution >= 0.6 is 0 Å². The van der Waals surface area contributed by atoms with E-state index in [0.717, 1.165) is 16.5 Å². The lowest BCUT2D eigenvalue weighted by Gasteiger charge is -2.25. The van der Waals surface area contributed by atoms with Crippen molar-refractivity contribution in [1.82, 2.24) is 20.9 Å². The molecular weight excluding hydrogens is 534 g/mol. The Bertz CT molecular complexity index is 1380. The number of aliphatic hydroxyl groups excluding tert-OH is 1. The van der Waals surface area contributed by atoms with E-state index in [4.69, 9.17) is 5.73 Å². The Hall–Kier alpha value is -4.75. The number of H-pyrrole nitrogens is 1. The van der Waals surface area contributed by atoms with Gasteiger partial charge in [0.05, 0.1) is 12.6 Å². The SMILES string of the molecule is NC(Cc1c[nH]c2ccccc12)C(=O)NC(CCC(=O)O)C(=O)NC(Cc1ccccc1)C(=O)NC(CO)C(=O)O. The van der Waals surface area contributed by atoms with Crippen molar-refractivity contribution in [3.63, 3.8) is 0 Å². The minimum absolute atomic E-state index is 0.0458. The quantitative estimate of drug-likeness (QED) is 0.120. The number of carbonyl (C=O) groups is 5. The molecule has 0 aliphatic carbocycles. The Balaban J connectivity index is 1.76. The molecule has 9 N–H and O–H groups in total. The first-order valence-corrected chi connectivity index (χ1v) is 12.9. The number of benzene rings is 2. The highest BCUT2D eigenvalue weighted by Crippen LogP contribution is 2.19. The first-order valence-electron chi connectivity index (χ1n) is 12.9. The van der Waals surface area contributed by atoms with Crippen LogP contribution in [-0.2, 0) is 36.8 Å². The molecule has 0 saturated heterocycles. The van der Waals surface area contributed by atoms with Crippen molar-refractivity contribution in [1.29, 1.82) is 0 Å². The molecule has 0 spiro atoms. The third-order valence-corrected chi connectivity index (χ3v) is 6.44. The van der Waals surface area contributed by atoms with Crippen LogP contribution in [0.1, 0.15) is 24.0 Å². The zero-order chi connectivity index (χ0) is 29.9. The predicted molar refractivity (Wildman–Crippen MR) is 148 cm³/mol. The average Bonchev–Trinajstić information content (AvgIpc) is 3.36. The van der Waals surface area contributed by atoms with Gasteiger partial charge in [0.25, 0.3) is 0 Å². The number of amides is 3.